The summed E-state index contributed by atoms with van der Waals surface area (Å²) in [5, 5.41) is 8.87. The maximum absolute atomic E-state index is 5.47. The van der Waals surface area contributed by atoms with Gasteiger partial charge < -0.3 is 9.40 Å². The molecule has 0 aliphatic carbocycles. The van der Waals surface area contributed by atoms with Gasteiger partial charge >= 0.3 is 0 Å². The second-order valence-electron chi connectivity index (χ2n) is 5.20. The van der Waals surface area contributed by atoms with E-state index in [1.54, 1.807) is 18.7 Å². The molecule has 3 aromatic rings. The van der Waals surface area contributed by atoms with Crippen LogP contribution in [0.2, 0.25) is 0 Å². The Morgan fingerprint density at radius 2 is 1.95 bits per heavy atom. The van der Waals surface area contributed by atoms with E-state index in [2.05, 4.69) is 34.2 Å². The van der Waals surface area contributed by atoms with E-state index in [1.165, 1.54) is 5.56 Å². The summed E-state index contributed by atoms with van der Waals surface area (Å²) in [5.41, 5.74) is 3.43. The molecule has 0 aliphatic rings. The Labute approximate surface area is 133 Å². The SMILES string of the molecule is Cc1nnc([C@H](C)Sc2nc(Cc3ccccc3)c(C)[nH]2)o1. The van der Waals surface area contributed by atoms with E-state index in [1.807, 2.05) is 25.1 Å². The average Bonchev–Trinajstić information content (AvgIpc) is 3.07. The smallest absolute Gasteiger partial charge is 0.229 e. The highest BCUT2D eigenvalue weighted by atomic mass is 32.2. The predicted molar refractivity (Wildman–Crippen MR) is 85.9 cm³/mol. The fraction of sp³-hybridized carbons (Fsp3) is 0.312. The maximum Gasteiger partial charge on any atom is 0.229 e. The lowest BCUT2D eigenvalue weighted by Gasteiger charge is -2.02. The van der Waals surface area contributed by atoms with Gasteiger partial charge in [0, 0.05) is 19.0 Å². The molecular formula is C16H18N4OS. The lowest BCUT2D eigenvalue weighted by molar-refractivity contribution is 0.470. The first-order valence-corrected chi connectivity index (χ1v) is 8.06. The molecule has 2 heterocycles. The van der Waals surface area contributed by atoms with Crippen molar-refractivity contribution in [2.45, 2.75) is 37.6 Å². The van der Waals surface area contributed by atoms with E-state index in [4.69, 9.17) is 9.40 Å². The van der Waals surface area contributed by atoms with E-state index in [9.17, 15) is 0 Å². The first kappa shape index (κ1) is 14.8. The van der Waals surface area contributed by atoms with Gasteiger partial charge in [-0.2, -0.15) is 0 Å². The minimum absolute atomic E-state index is 0.0660. The van der Waals surface area contributed by atoms with Gasteiger partial charge in [0.05, 0.1) is 10.9 Å². The Balaban J connectivity index is 1.72. The number of rotatable bonds is 5. The molecule has 1 N–H and O–H groups in total. The fourth-order valence-corrected chi connectivity index (χ4v) is 3.08. The first-order valence-electron chi connectivity index (χ1n) is 7.18. The lowest BCUT2D eigenvalue weighted by Crippen LogP contribution is -1.91. The molecule has 6 heteroatoms. The van der Waals surface area contributed by atoms with Crippen LogP contribution in [0.25, 0.3) is 0 Å². The van der Waals surface area contributed by atoms with Crippen molar-refractivity contribution in [2.24, 2.45) is 0 Å². The molecule has 0 amide bonds. The number of hydrogen-bond acceptors (Lipinski definition) is 5. The molecule has 0 aliphatic heterocycles. The average molecular weight is 314 g/mol. The highest BCUT2D eigenvalue weighted by Crippen LogP contribution is 2.32. The molecule has 0 spiro atoms. The summed E-state index contributed by atoms with van der Waals surface area (Å²) in [7, 11) is 0. The number of nitrogens with one attached hydrogen (secondary N) is 1. The van der Waals surface area contributed by atoms with Crippen molar-refractivity contribution in [1.82, 2.24) is 20.2 Å². The van der Waals surface area contributed by atoms with Crippen molar-refractivity contribution in [3.63, 3.8) is 0 Å². The predicted octanol–water partition coefficient (Wildman–Crippen LogP) is 3.85. The van der Waals surface area contributed by atoms with Crippen molar-refractivity contribution >= 4 is 11.8 Å². The third-order valence-corrected chi connectivity index (χ3v) is 4.33. The van der Waals surface area contributed by atoms with Gasteiger partial charge in [0.25, 0.3) is 0 Å². The lowest BCUT2D eigenvalue weighted by atomic mass is 10.1. The summed E-state index contributed by atoms with van der Waals surface area (Å²) in [6.45, 7) is 5.88. The molecule has 0 unspecified atom stereocenters. The van der Waals surface area contributed by atoms with Crippen LogP contribution in [-0.4, -0.2) is 20.2 Å². The van der Waals surface area contributed by atoms with Crippen LogP contribution in [0.3, 0.4) is 0 Å². The van der Waals surface area contributed by atoms with Crippen LogP contribution in [0.15, 0.2) is 39.9 Å². The highest BCUT2D eigenvalue weighted by Gasteiger charge is 2.17. The van der Waals surface area contributed by atoms with Crippen molar-refractivity contribution in [3.8, 4) is 0 Å². The minimum Gasteiger partial charge on any atom is -0.424 e. The third-order valence-electron chi connectivity index (χ3n) is 3.36. The van der Waals surface area contributed by atoms with Crippen molar-refractivity contribution in [1.29, 1.82) is 0 Å². The van der Waals surface area contributed by atoms with Gasteiger partial charge in [-0.15, -0.1) is 10.2 Å². The number of nitrogens with zero attached hydrogens (tertiary/aromatic N) is 3. The van der Waals surface area contributed by atoms with Gasteiger partial charge in [-0.05, 0) is 19.4 Å². The maximum atomic E-state index is 5.47. The van der Waals surface area contributed by atoms with Gasteiger partial charge in [0.2, 0.25) is 11.8 Å². The van der Waals surface area contributed by atoms with Crippen molar-refractivity contribution in [3.05, 3.63) is 59.1 Å². The topological polar surface area (TPSA) is 67.6 Å². The quantitative estimate of drug-likeness (QED) is 0.724. The Morgan fingerprint density at radius 1 is 1.18 bits per heavy atom. The third kappa shape index (κ3) is 3.39. The summed E-state index contributed by atoms with van der Waals surface area (Å²) in [6.07, 6.45) is 0.831. The summed E-state index contributed by atoms with van der Waals surface area (Å²) >= 11 is 1.59. The molecule has 5 nitrogen and oxygen atoms in total. The second kappa shape index (κ2) is 6.36. The van der Waals surface area contributed by atoms with Crippen LogP contribution in [0.5, 0.6) is 0 Å². The number of thioether (sulfide) groups is 1. The number of aryl methyl sites for hydroxylation is 2. The molecule has 2 aromatic heterocycles. The van der Waals surface area contributed by atoms with E-state index in [0.717, 1.165) is 23.0 Å². The summed E-state index contributed by atoms with van der Waals surface area (Å²) < 4.78 is 5.47. The molecule has 3 rings (SSSR count). The van der Waals surface area contributed by atoms with E-state index < -0.39 is 0 Å². The molecule has 1 atom stereocenters. The van der Waals surface area contributed by atoms with Crippen LogP contribution >= 0.6 is 11.8 Å². The van der Waals surface area contributed by atoms with Crippen molar-refractivity contribution in [2.75, 3.05) is 0 Å². The van der Waals surface area contributed by atoms with Gasteiger partial charge in [0.1, 0.15) is 0 Å². The van der Waals surface area contributed by atoms with Gasteiger partial charge in [-0.25, -0.2) is 4.98 Å². The number of imidazole rings is 1. The van der Waals surface area contributed by atoms with E-state index in [-0.39, 0.29) is 5.25 Å². The number of H-pyrrole nitrogens is 1. The number of benzene rings is 1. The zero-order valence-corrected chi connectivity index (χ0v) is 13.6. The fourth-order valence-electron chi connectivity index (χ4n) is 2.18. The van der Waals surface area contributed by atoms with E-state index in [0.29, 0.717) is 11.8 Å². The summed E-state index contributed by atoms with van der Waals surface area (Å²) in [6, 6.07) is 10.4. The van der Waals surface area contributed by atoms with Crippen LogP contribution in [-0.2, 0) is 6.42 Å². The minimum atomic E-state index is 0.0660. The molecule has 114 valence electrons. The second-order valence-corrected chi connectivity index (χ2v) is 6.52. The monoisotopic (exact) mass is 314 g/mol. The van der Waals surface area contributed by atoms with Crippen molar-refractivity contribution < 1.29 is 4.42 Å². The van der Waals surface area contributed by atoms with Crippen LogP contribution in [0, 0.1) is 13.8 Å². The molecule has 0 saturated carbocycles. The highest BCUT2D eigenvalue weighted by molar-refractivity contribution is 7.99. The molecule has 0 bridgehead atoms. The number of hydrogen-bond donors (Lipinski definition) is 1. The molecule has 0 radical (unpaired) electrons. The zero-order valence-electron chi connectivity index (χ0n) is 12.8. The van der Waals surface area contributed by atoms with Crippen LogP contribution in [0.4, 0.5) is 0 Å². The first-order chi connectivity index (χ1) is 10.6. The Kier molecular flexibility index (Phi) is 4.29. The Morgan fingerprint density at radius 3 is 2.64 bits per heavy atom. The molecule has 0 fully saturated rings. The summed E-state index contributed by atoms with van der Waals surface area (Å²) in [4.78, 5) is 8.03. The van der Waals surface area contributed by atoms with Gasteiger partial charge in [-0.1, -0.05) is 42.1 Å². The molecule has 1 aromatic carbocycles. The molecule has 22 heavy (non-hydrogen) atoms. The number of aromatic nitrogens is 4. The normalized spacial score (nSPS) is 12.5. The largest absolute Gasteiger partial charge is 0.424 e. The number of aromatic amines is 1. The van der Waals surface area contributed by atoms with Crippen LogP contribution < -0.4 is 0 Å². The molecule has 0 saturated heterocycles. The molecular weight excluding hydrogens is 296 g/mol. The summed E-state index contributed by atoms with van der Waals surface area (Å²) in [5.74, 6) is 1.21. The van der Waals surface area contributed by atoms with Gasteiger partial charge in [0.15, 0.2) is 5.16 Å². The van der Waals surface area contributed by atoms with E-state index >= 15 is 0 Å². The Hall–Kier alpha value is -2.08. The Bertz CT molecular complexity index is 751. The standard InChI is InChI=1S/C16H18N4OS/c1-10-14(9-13-7-5-4-6-8-13)18-16(17-10)22-11(2)15-20-19-12(3)21-15/h4-8,11H,9H2,1-3H3,(H,17,18)/t11-/m0/s1. The van der Waals surface area contributed by atoms with Gasteiger partial charge in [-0.3, -0.25) is 0 Å². The zero-order chi connectivity index (χ0) is 15.5. The van der Waals surface area contributed by atoms with Crippen LogP contribution in [0.1, 0.15) is 40.9 Å².